The molecule has 0 heterocycles. The molecule has 0 aliphatic heterocycles. The summed E-state index contributed by atoms with van der Waals surface area (Å²) in [6.45, 7) is 2.75. The lowest BCUT2D eigenvalue weighted by Gasteiger charge is -2.20. The van der Waals surface area contributed by atoms with Gasteiger partial charge in [0.1, 0.15) is 5.84 Å². The van der Waals surface area contributed by atoms with Crippen molar-refractivity contribution in [3.05, 3.63) is 107 Å². The number of rotatable bonds is 13. The predicted molar refractivity (Wildman–Crippen MR) is 140 cm³/mol. The first-order chi connectivity index (χ1) is 16.9. The molecule has 1 amide bonds. The molecule has 0 aromatic heterocycles. The highest BCUT2D eigenvalue weighted by Crippen LogP contribution is 2.13. The summed E-state index contributed by atoms with van der Waals surface area (Å²) >= 11 is 0. The van der Waals surface area contributed by atoms with Crippen LogP contribution in [0.3, 0.4) is 0 Å². The maximum absolute atomic E-state index is 13.2. The lowest BCUT2D eigenvalue weighted by atomic mass is 9.95. The van der Waals surface area contributed by atoms with E-state index in [1.165, 1.54) is 5.56 Å². The molecule has 0 spiro atoms. The number of hydrogen-bond acceptors (Lipinski definition) is 4. The minimum absolute atomic E-state index is 0.00964. The zero-order valence-corrected chi connectivity index (χ0v) is 20.2. The van der Waals surface area contributed by atoms with Crippen molar-refractivity contribution in [3.8, 4) is 0 Å². The highest BCUT2D eigenvalue weighted by atomic mass is 16.2. The Kier molecular flexibility index (Phi) is 9.75. The third-order valence-electron chi connectivity index (χ3n) is 6.04. The first-order valence-electron chi connectivity index (χ1n) is 12.0. The summed E-state index contributed by atoms with van der Waals surface area (Å²) in [6.07, 6.45) is 1.64. The van der Waals surface area contributed by atoms with Crippen molar-refractivity contribution < 1.29 is 9.59 Å². The van der Waals surface area contributed by atoms with E-state index in [0.29, 0.717) is 25.1 Å². The van der Waals surface area contributed by atoms with Gasteiger partial charge < -0.3 is 16.4 Å². The van der Waals surface area contributed by atoms with Crippen molar-refractivity contribution in [2.45, 2.75) is 45.3 Å². The van der Waals surface area contributed by atoms with Gasteiger partial charge in [0.25, 0.3) is 0 Å². The third kappa shape index (κ3) is 8.50. The van der Waals surface area contributed by atoms with Crippen LogP contribution in [0.4, 0.5) is 0 Å². The molecule has 35 heavy (non-hydrogen) atoms. The largest absolute Gasteiger partial charge is 0.384 e. The van der Waals surface area contributed by atoms with Crippen molar-refractivity contribution in [3.63, 3.8) is 0 Å². The second-order valence-electron chi connectivity index (χ2n) is 8.84. The van der Waals surface area contributed by atoms with E-state index < -0.39 is 5.92 Å². The maximum atomic E-state index is 13.2. The van der Waals surface area contributed by atoms with E-state index >= 15 is 0 Å². The van der Waals surface area contributed by atoms with E-state index in [9.17, 15) is 9.59 Å². The van der Waals surface area contributed by atoms with E-state index in [1.54, 1.807) is 19.1 Å². The summed E-state index contributed by atoms with van der Waals surface area (Å²) < 4.78 is 0. The van der Waals surface area contributed by atoms with Gasteiger partial charge in [0.2, 0.25) is 5.91 Å². The van der Waals surface area contributed by atoms with Gasteiger partial charge in [0.15, 0.2) is 5.78 Å². The van der Waals surface area contributed by atoms with Gasteiger partial charge >= 0.3 is 0 Å². The Bertz CT molecular complexity index is 1060. The standard InChI is InChI=1S/C29H34N4O2/c1-21(29(35)33-20-24-12-15-25(16-13-24)28(30)31)18-27(34)26(17-14-22-8-4-2-5-9-22)32-19-23-10-6-3-7-11-23/h2-13,15-16,21,26,32H,14,17-20H2,1H3,(H3,30,31)(H,33,35)/t21-,26-/m1/s1. The van der Waals surface area contributed by atoms with Gasteiger partial charge in [-0.1, -0.05) is 91.9 Å². The van der Waals surface area contributed by atoms with Crippen molar-refractivity contribution in [2.75, 3.05) is 0 Å². The summed E-state index contributed by atoms with van der Waals surface area (Å²) in [5, 5.41) is 13.8. The van der Waals surface area contributed by atoms with Gasteiger partial charge in [0, 0.05) is 31.0 Å². The second kappa shape index (κ2) is 13.2. The van der Waals surface area contributed by atoms with E-state index in [4.69, 9.17) is 11.1 Å². The van der Waals surface area contributed by atoms with Gasteiger partial charge in [0.05, 0.1) is 6.04 Å². The predicted octanol–water partition coefficient (Wildman–Crippen LogP) is 3.97. The van der Waals surface area contributed by atoms with Gasteiger partial charge in [-0.05, 0) is 29.5 Å². The van der Waals surface area contributed by atoms with E-state index in [1.807, 2.05) is 60.7 Å². The van der Waals surface area contributed by atoms with E-state index in [0.717, 1.165) is 17.5 Å². The molecular weight excluding hydrogens is 436 g/mol. The van der Waals surface area contributed by atoms with Crippen LogP contribution in [0.25, 0.3) is 0 Å². The highest BCUT2D eigenvalue weighted by Gasteiger charge is 2.23. The highest BCUT2D eigenvalue weighted by molar-refractivity contribution is 5.94. The van der Waals surface area contributed by atoms with Crippen LogP contribution in [-0.2, 0) is 29.1 Å². The number of nitrogen functional groups attached to an aromatic ring is 1. The van der Waals surface area contributed by atoms with Crippen molar-refractivity contribution >= 4 is 17.5 Å². The Morgan fingerprint density at radius 3 is 2.00 bits per heavy atom. The zero-order chi connectivity index (χ0) is 25.0. The summed E-state index contributed by atoms with van der Waals surface area (Å²) in [6, 6.07) is 27.0. The number of carbonyl (C=O) groups excluding carboxylic acids is 2. The molecule has 0 fully saturated rings. The van der Waals surface area contributed by atoms with Crippen LogP contribution < -0.4 is 16.4 Å². The van der Waals surface area contributed by atoms with Crippen LogP contribution >= 0.6 is 0 Å². The number of hydrogen-bond donors (Lipinski definition) is 4. The molecular formula is C29H34N4O2. The average Bonchev–Trinajstić information content (AvgIpc) is 2.88. The van der Waals surface area contributed by atoms with Crippen LogP contribution in [0.5, 0.6) is 0 Å². The molecule has 3 rings (SSSR count). The number of nitrogens with two attached hydrogens (primary N) is 1. The van der Waals surface area contributed by atoms with Crippen LogP contribution in [0.1, 0.15) is 42.0 Å². The molecule has 0 saturated heterocycles. The molecule has 3 aromatic carbocycles. The Hall–Kier alpha value is -3.77. The topological polar surface area (TPSA) is 108 Å². The number of ketones is 1. The van der Waals surface area contributed by atoms with Gasteiger partial charge in [-0.25, -0.2) is 0 Å². The summed E-state index contributed by atoms with van der Waals surface area (Å²) in [4.78, 5) is 25.9. The molecule has 0 bridgehead atoms. The summed E-state index contributed by atoms with van der Waals surface area (Å²) in [7, 11) is 0. The fraction of sp³-hybridized carbons (Fsp3) is 0.276. The SMILES string of the molecule is C[C@H](CC(=O)[C@@H](CCc1ccccc1)NCc1ccccc1)C(=O)NCc1ccc(C(=N)N)cc1. The molecule has 2 atom stereocenters. The normalized spacial score (nSPS) is 12.5. The Morgan fingerprint density at radius 2 is 1.40 bits per heavy atom. The molecule has 6 heteroatoms. The molecule has 0 radical (unpaired) electrons. The smallest absolute Gasteiger partial charge is 0.223 e. The first kappa shape index (κ1) is 25.8. The average molecular weight is 471 g/mol. The number of nitrogens with one attached hydrogen (secondary N) is 3. The monoisotopic (exact) mass is 470 g/mol. The number of carbonyl (C=O) groups is 2. The van der Waals surface area contributed by atoms with Crippen LogP contribution in [0.15, 0.2) is 84.9 Å². The Morgan fingerprint density at radius 1 is 0.829 bits per heavy atom. The van der Waals surface area contributed by atoms with Crippen LogP contribution in [-0.4, -0.2) is 23.6 Å². The molecule has 0 unspecified atom stereocenters. The molecule has 182 valence electrons. The zero-order valence-electron chi connectivity index (χ0n) is 20.2. The molecule has 0 aliphatic carbocycles. The molecule has 6 nitrogen and oxygen atoms in total. The van der Waals surface area contributed by atoms with Crippen molar-refractivity contribution in [2.24, 2.45) is 11.7 Å². The summed E-state index contributed by atoms with van der Waals surface area (Å²) in [5.74, 6) is -0.531. The number of Topliss-reactive ketones (excluding diaryl/α,β-unsaturated/α-hetero) is 1. The third-order valence-corrected chi connectivity index (χ3v) is 6.04. The fourth-order valence-electron chi connectivity index (χ4n) is 3.87. The second-order valence-corrected chi connectivity index (χ2v) is 8.84. The molecule has 0 aliphatic rings. The molecule has 0 saturated carbocycles. The van der Waals surface area contributed by atoms with Crippen LogP contribution in [0, 0.1) is 11.3 Å². The molecule has 3 aromatic rings. The number of aryl methyl sites for hydroxylation is 1. The number of amidine groups is 1. The number of amides is 1. The first-order valence-corrected chi connectivity index (χ1v) is 12.0. The number of benzene rings is 3. The maximum Gasteiger partial charge on any atom is 0.223 e. The minimum Gasteiger partial charge on any atom is -0.384 e. The van der Waals surface area contributed by atoms with E-state index in [2.05, 4.69) is 22.8 Å². The van der Waals surface area contributed by atoms with E-state index in [-0.39, 0.29) is 30.0 Å². The van der Waals surface area contributed by atoms with Gasteiger partial charge in [-0.2, -0.15) is 0 Å². The Balaban J connectivity index is 1.55. The fourth-order valence-corrected chi connectivity index (χ4v) is 3.87. The van der Waals surface area contributed by atoms with Crippen LogP contribution in [0.2, 0.25) is 0 Å². The van der Waals surface area contributed by atoms with Crippen molar-refractivity contribution in [1.82, 2.24) is 10.6 Å². The quantitative estimate of drug-likeness (QED) is 0.224. The van der Waals surface area contributed by atoms with Gasteiger partial charge in [-0.3, -0.25) is 15.0 Å². The Labute approximate surface area is 207 Å². The molecule has 5 N–H and O–H groups in total. The minimum atomic E-state index is -0.434. The van der Waals surface area contributed by atoms with Crippen molar-refractivity contribution in [1.29, 1.82) is 5.41 Å². The lowest BCUT2D eigenvalue weighted by molar-refractivity contribution is -0.129. The van der Waals surface area contributed by atoms with Gasteiger partial charge in [-0.15, -0.1) is 0 Å². The lowest BCUT2D eigenvalue weighted by Crippen LogP contribution is -2.39. The summed E-state index contributed by atoms with van der Waals surface area (Å²) in [5.41, 5.74) is 9.34.